The molecule has 4 nitrogen and oxygen atoms in total. The molecule has 84 valence electrons. The second kappa shape index (κ2) is 5.17. The zero-order valence-electron chi connectivity index (χ0n) is 9.40. The number of nitriles is 1. The predicted molar refractivity (Wildman–Crippen MR) is 61.6 cm³/mol. The minimum Gasteiger partial charge on any atom is -0.478 e. The number of carbonyl (C=O) groups is 1. The van der Waals surface area contributed by atoms with Crippen LogP contribution < -0.4 is 4.90 Å². The van der Waals surface area contributed by atoms with Crippen LogP contribution in [-0.2, 0) is 0 Å². The van der Waals surface area contributed by atoms with Gasteiger partial charge in [-0.05, 0) is 30.7 Å². The predicted octanol–water partition coefficient (Wildman–Crippen LogP) is 2.04. The van der Waals surface area contributed by atoms with E-state index in [1.54, 1.807) is 18.2 Å². The highest BCUT2D eigenvalue weighted by molar-refractivity contribution is 5.88. The van der Waals surface area contributed by atoms with Gasteiger partial charge in [0.15, 0.2) is 0 Å². The van der Waals surface area contributed by atoms with Gasteiger partial charge in [0.1, 0.15) is 0 Å². The summed E-state index contributed by atoms with van der Waals surface area (Å²) in [6.07, 6.45) is 0.455. The highest BCUT2D eigenvalue weighted by Gasteiger charge is 2.08. The van der Waals surface area contributed by atoms with Gasteiger partial charge in [-0.2, -0.15) is 5.26 Å². The van der Waals surface area contributed by atoms with Gasteiger partial charge in [-0.15, -0.1) is 0 Å². The van der Waals surface area contributed by atoms with Crippen LogP contribution in [0.15, 0.2) is 18.2 Å². The molecule has 0 amide bonds. The van der Waals surface area contributed by atoms with E-state index in [1.165, 1.54) is 0 Å². The van der Waals surface area contributed by atoms with Crippen molar-refractivity contribution >= 4 is 11.7 Å². The van der Waals surface area contributed by atoms with Crippen LogP contribution in [0.3, 0.4) is 0 Å². The molecule has 1 aromatic carbocycles. The second-order valence-corrected chi connectivity index (χ2v) is 3.64. The summed E-state index contributed by atoms with van der Waals surface area (Å²) >= 11 is 0. The summed E-state index contributed by atoms with van der Waals surface area (Å²) < 4.78 is 0. The molecule has 0 radical (unpaired) electrons. The number of benzene rings is 1. The maximum Gasteiger partial charge on any atom is 0.335 e. The van der Waals surface area contributed by atoms with Gasteiger partial charge >= 0.3 is 5.97 Å². The van der Waals surface area contributed by atoms with Crippen LogP contribution in [0, 0.1) is 18.3 Å². The van der Waals surface area contributed by atoms with Crippen molar-refractivity contribution in [1.29, 1.82) is 5.26 Å². The molecule has 0 saturated carbocycles. The number of carboxylic acid groups (broad SMARTS) is 1. The third-order valence-corrected chi connectivity index (χ3v) is 2.41. The number of anilines is 1. The van der Waals surface area contributed by atoms with E-state index >= 15 is 0 Å². The highest BCUT2D eigenvalue weighted by Crippen LogP contribution is 2.20. The summed E-state index contributed by atoms with van der Waals surface area (Å²) in [5, 5.41) is 17.3. The quantitative estimate of drug-likeness (QED) is 0.839. The molecule has 0 bridgehead atoms. The summed E-state index contributed by atoms with van der Waals surface area (Å²) in [4.78, 5) is 12.7. The number of hydrogen-bond donors (Lipinski definition) is 1. The molecule has 1 aromatic rings. The Morgan fingerprint density at radius 1 is 1.56 bits per heavy atom. The average molecular weight is 218 g/mol. The van der Waals surface area contributed by atoms with E-state index < -0.39 is 5.97 Å². The van der Waals surface area contributed by atoms with E-state index in [1.807, 2.05) is 18.9 Å². The van der Waals surface area contributed by atoms with Gasteiger partial charge in [-0.25, -0.2) is 4.79 Å². The van der Waals surface area contributed by atoms with Crippen molar-refractivity contribution < 1.29 is 9.90 Å². The first-order chi connectivity index (χ1) is 7.56. The van der Waals surface area contributed by atoms with Crippen molar-refractivity contribution in [1.82, 2.24) is 0 Å². The number of rotatable bonds is 4. The summed E-state index contributed by atoms with van der Waals surface area (Å²) in [7, 11) is 1.89. The highest BCUT2D eigenvalue weighted by atomic mass is 16.4. The fourth-order valence-electron chi connectivity index (χ4n) is 1.55. The first-order valence-corrected chi connectivity index (χ1v) is 4.98. The molecule has 0 aromatic heterocycles. The molecule has 4 heteroatoms. The van der Waals surface area contributed by atoms with Crippen LogP contribution in [-0.4, -0.2) is 24.7 Å². The molecule has 0 aliphatic carbocycles. The SMILES string of the molecule is Cc1cc(C(=O)O)ccc1N(C)CCC#N. The van der Waals surface area contributed by atoms with Crippen molar-refractivity contribution in [2.45, 2.75) is 13.3 Å². The smallest absolute Gasteiger partial charge is 0.335 e. The number of carboxylic acids is 1. The van der Waals surface area contributed by atoms with Crippen LogP contribution >= 0.6 is 0 Å². The lowest BCUT2D eigenvalue weighted by Crippen LogP contribution is -2.19. The maximum absolute atomic E-state index is 10.7. The fourth-order valence-corrected chi connectivity index (χ4v) is 1.55. The van der Waals surface area contributed by atoms with E-state index in [0.717, 1.165) is 11.3 Å². The molecular formula is C12H14N2O2. The monoisotopic (exact) mass is 218 g/mol. The Labute approximate surface area is 94.7 Å². The number of hydrogen-bond acceptors (Lipinski definition) is 3. The third-order valence-electron chi connectivity index (χ3n) is 2.41. The van der Waals surface area contributed by atoms with Gasteiger partial charge in [-0.3, -0.25) is 0 Å². The van der Waals surface area contributed by atoms with Gasteiger partial charge in [0.05, 0.1) is 18.1 Å². The van der Waals surface area contributed by atoms with Gasteiger partial charge in [0.25, 0.3) is 0 Å². The summed E-state index contributed by atoms with van der Waals surface area (Å²) in [6.45, 7) is 2.51. The van der Waals surface area contributed by atoms with E-state index in [4.69, 9.17) is 10.4 Å². The minimum absolute atomic E-state index is 0.287. The molecule has 0 aliphatic heterocycles. The van der Waals surface area contributed by atoms with E-state index in [2.05, 4.69) is 6.07 Å². The van der Waals surface area contributed by atoms with Crippen LogP contribution in [0.4, 0.5) is 5.69 Å². The Balaban J connectivity index is 2.91. The molecule has 0 fully saturated rings. The lowest BCUT2D eigenvalue weighted by molar-refractivity contribution is 0.0697. The van der Waals surface area contributed by atoms with Crippen LogP contribution in [0.1, 0.15) is 22.3 Å². The first kappa shape index (κ1) is 12.1. The molecule has 0 heterocycles. The number of aromatic carboxylic acids is 1. The van der Waals surface area contributed by atoms with Crippen molar-refractivity contribution in [3.8, 4) is 6.07 Å². The summed E-state index contributed by atoms with van der Waals surface area (Å²) in [5.74, 6) is -0.922. The Morgan fingerprint density at radius 3 is 2.75 bits per heavy atom. The Bertz CT molecular complexity index is 435. The van der Waals surface area contributed by atoms with Gasteiger partial charge < -0.3 is 10.0 Å². The molecule has 0 aliphatic rings. The Morgan fingerprint density at radius 2 is 2.25 bits per heavy atom. The van der Waals surface area contributed by atoms with Crippen molar-refractivity contribution in [2.24, 2.45) is 0 Å². The van der Waals surface area contributed by atoms with Crippen LogP contribution in [0.25, 0.3) is 0 Å². The number of nitrogens with zero attached hydrogens (tertiary/aromatic N) is 2. The normalized spacial score (nSPS) is 9.56. The van der Waals surface area contributed by atoms with Crippen molar-refractivity contribution in [2.75, 3.05) is 18.5 Å². The van der Waals surface area contributed by atoms with E-state index in [9.17, 15) is 4.79 Å². The minimum atomic E-state index is -0.922. The standard InChI is InChI=1S/C12H14N2O2/c1-9-8-10(12(15)16)4-5-11(9)14(2)7-3-6-13/h4-5,8H,3,7H2,1-2H3,(H,15,16). The van der Waals surface area contributed by atoms with Gasteiger partial charge in [0.2, 0.25) is 0 Å². The molecule has 0 spiro atoms. The zero-order chi connectivity index (χ0) is 12.1. The molecule has 0 atom stereocenters. The van der Waals surface area contributed by atoms with E-state index in [-0.39, 0.29) is 5.56 Å². The molecule has 1 N–H and O–H groups in total. The van der Waals surface area contributed by atoms with Gasteiger partial charge in [-0.1, -0.05) is 0 Å². The lowest BCUT2D eigenvalue weighted by Gasteiger charge is -2.20. The Kier molecular flexibility index (Phi) is 3.90. The summed E-state index contributed by atoms with van der Waals surface area (Å²) in [6, 6.07) is 7.07. The largest absolute Gasteiger partial charge is 0.478 e. The topological polar surface area (TPSA) is 64.3 Å². The molecular weight excluding hydrogens is 204 g/mol. The number of aryl methyl sites for hydroxylation is 1. The molecule has 16 heavy (non-hydrogen) atoms. The molecule has 0 unspecified atom stereocenters. The van der Waals surface area contributed by atoms with Crippen LogP contribution in [0.2, 0.25) is 0 Å². The van der Waals surface area contributed by atoms with Crippen molar-refractivity contribution in [3.63, 3.8) is 0 Å². The van der Waals surface area contributed by atoms with Gasteiger partial charge in [0, 0.05) is 19.3 Å². The average Bonchev–Trinajstić information content (AvgIpc) is 2.25. The van der Waals surface area contributed by atoms with Crippen LogP contribution in [0.5, 0.6) is 0 Å². The summed E-state index contributed by atoms with van der Waals surface area (Å²) in [5.41, 5.74) is 2.15. The molecule has 1 rings (SSSR count). The second-order valence-electron chi connectivity index (χ2n) is 3.64. The third kappa shape index (κ3) is 2.74. The maximum atomic E-state index is 10.7. The molecule has 0 saturated heterocycles. The van der Waals surface area contributed by atoms with Crippen molar-refractivity contribution in [3.05, 3.63) is 29.3 Å². The van der Waals surface area contributed by atoms with E-state index in [0.29, 0.717) is 13.0 Å². The zero-order valence-corrected chi connectivity index (χ0v) is 9.40. The fraction of sp³-hybridized carbons (Fsp3) is 0.333. The lowest BCUT2D eigenvalue weighted by atomic mass is 10.1. The Hall–Kier alpha value is -2.02. The first-order valence-electron chi connectivity index (χ1n) is 4.98.